The molecule has 1 atom stereocenters. The van der Waals surface area contributed by atoms with Gasteiger partial charge in [-0.1, -0.05) is 6.92 Å². The van der Waals surface area contributed by atoms with Gasteiger partial charge in [-0.3, -0.25) is 0 Å². The van der Waals surface area contributed by atoms with Crippen LogP contribution in [0.4, 0.5) is 0 Å². The molecule has 0 aromatic rings. The molecule has 0 radical (unpaired) electrons. The van der Waals surface area contributed by atoms with Crippen LogP contribution in [0.2, 0.25) is 0 Å². The molecule has 2 aliphatic rings. The van der Waals surface area contributed by atoms with E-state index in [4.69, 9.17) is 0 Å². The molecule has 0 aromatic heterocycles. The summed E-state index contributed by atoms with van der Waals surface area (Å²) in [6.45, 7) is 2.31. The molecular weight excluding hydrogens is 212 g/mol. The Balaban J connectivity index is 2.07. The van der Waals surface area contributed by atoms with E-state index in [0.717, 1.165) is 5.25 Å². The molecule has 2 aliphatic heterocycles. The minimum atomic E-state index is 0.837. The standard InChI is InChI=1S/C7H10S4/c1-5-4-10-7(11-5)6-8-2-3-9-6/h5H,2-4H2,1H3/t5-/m0/s1. The van der Waals surface area contributed by atoms with Crippen molar-refractivity contribution in [3.8, 4) is 0 Å². The van der Waals surface area contributed by atoms with Gasteiger partial charge >= 0.3 is 0 Å². The second-order valence-corrected chi connectivity index (χ2v) is 7.72. The SMILES string of the molecule is C[C@H]1CSC(=C2SCCS2)S1. The molecule has 2 fully saturated rings. The van der Waals surface area contributed by atoms with Crippen molar-refractivity contribution in [2.75, 3.05) is 17.3 Å². The maximum Gasteiger partial charge on any atom is 0.0605 e. The average molecular weight is 222 g/mol. The monoisotopic (exact) mass is 222 g/mol. The van der Waals surface area contributed by atoms with Crippen LogP contribution in [0, 0.1) is 0 Å². The van der Waals surface area contributed by atoms with Gasteiger partial charge in [-0.25, -0.2) is 0 Å². The molecule has 0 aromatic carbocycles. The van der Waals surface area contributed by atoms with Crippen LogP contribution in [0.25, 0.3) is 0 Å². The molecule has 0 saturated carbocycles. The normalized spacial score (nSPS) is 31.9. The van der Waals surface area contributed by atoms with Gasteiger partial charge in [-0.05, 0) is 0 Å². The fourth-order valence-corrected chi connectivity index (χ4v) is 6.85. The molecule has 62 valence electrons. The molecule has 0 unspecified atom stereocenters. The van der Waals surface area contributed by atoms with Crippen molar-refractivity contribution in [3.63, 3.8) is 0 Å². The highest BCUT2D eigenvalue weighted by atomic mass is 32.2. The predicted octanol–water partition coefficient (Wildman–Crippen LogP) is 3.46. The zero-order valence-corrected chi connectivity index (χ0v) is 9.60. The van der Waals surface area contributed by atoms with Crippen LogP contribution in [0.1, 0.15) is 6.92 Å². The Labute approximate surface area is 84.7 Å². The van der Waals surface area contributed by atoms with Gasteiger partial charge in [0.1, 0.15) is 0 Å². The van der Waals surface area contributed by atoms with Crippen LogP contribution >= 0.6 is 47.0 Å². The smallest absolute Gasteiger partial charge is 0.0605 e. The summed E-state index contributed by atoms with van der Waals surface area (Å²) in [4.78, 5) is 0. The summed E-state index contributed by atoms with van der Waals surface area (Å²) in [6, 6.07) is 0. The number of rotatable bonds is 0. The fourth-order valence-electron chi connectivity index (χ4n) is 0.979. The molecule has 4 heteroatoms. The Kier molecular flexibility index (Phi) is 3.09. The highest BCUT2D eigenvalue weighted by Gasteiger charge is 2.22. The minimum absolute atomic E-state index is 0.837. The first-order chi connectivity index (χ1) is 5.36. The van der Waals surface area contributed by atoms with Crippen LogP contribution in [-0.2, 0) is 0 Å². The summed E-state index contributed by atoms with van der Waals surface area (Å²) in [5.41, 5.74) is 0. The molecule has 0 bridgehead atoms. The second-order valence-electron chi connectivity index (χ2n) is 2.51. The van der Waals surface area contributed by atoms with E-state index in [1.165, 1.54) is 17.3 Å². The van der Waals surface area contributed by atoms with E-state index in [-0.39, 0.29) is 0 Å². The fraction of sp³-hybridized carbons (Fsp3) is 0.714. The number of hydrogen-bond acceptors (Lipinski definition) is 4. The zero-order chi connectivity index (χ0) is 7.68. The van der Waals surface area contributed by atoms with Gasteiger partial charge in [0.2, 0.25) is 0 Å². The molecule has 0 spiro atoms. The Morgan fingerprint density at radius 3 is 2.36 bits per heavy atom. The maximum absolute atomic E-state index is 2.31. The number of thioether (sulfide) groups is 4. The quantitative estimate of drug-likeness (QED) is 0.615. The highest BCUT2D eigenvalue weighted by molar-refractivity contribution is 8.31. The van der Waals surface area contributed by atoms with E-state index >= 15 is 0 Å². The second kappa shape index (κ2) is 3.90. The van der Waals surface area contributed by atoms with Crippen LogP contribution in [0.15, 0.2) is 8.47 Å². The van der Waals surface area contributed by atoms with E-state index in [1.807, 2.05) is 35.3 Å². The lowest BCUT2D eigenvalue weighted by Crippen LogP contribution is -1.88. The summed E-state index contributed by atoms with van der Waals surface area (Å²) in [5, 5.41) is 0.837. The first-order valence-electron chi connectivity index (χ1n) is 3.65. The van der Waals surface area contributed by atoms with E-state index in [1.54, 1.807) is 8.47 Å². The van der Waals surface area contributed by atoms with Gasteiger partial charge in [-0.15, -0.1) is 47.0 Å². The average Bonchev–Trinajstić information content (AvgIpc) is 2.55. The third-order valence-electron chi connectivity index (χ3n) is 1.47. The maximum atomic E-state index is 2.31. The van der Waals surface area contributed by atoms with E-state index in [0.29, 0.717) is 0 Å². The molecular formula is C7H10S4. The van der Waals surface area contributed by atoms with Crippen LogP contribution < -0.4 is 0 Å². The first kappa shape index (κ1) is 8.73. The minimum Gasteiger partial charge on any atom is -0.117 e. The molecule has 0 N–H and O–H groups in total. The van der Waals surface area contributed by atoms with Gasteiger partial charge in [0.15, 0.2) is 0 Å². The third-order valence-corrected chi connectivity index (χ3v) is 7.68. The molecule has 2 heterocycles. The molecule has 0 amide bonds. The lowest BCUT2D eigenvalue weighted by molar-refractivity contribution is 1.15. The third kappa shape index (κ3) is 2.08. The van der Waals surface area contributed by atoms with Gasteiger partial charge in [0.25, 0.3) is 0 Å². The lowest BCUT2D eigenvalue weighted by atomic mass is 10.6. The summed E-state index contributed by atoms with van der Waals surface area (Å²) in [6.07, 6.45) is 0. The molecule has 2 rings (SSSR count). The highest BCUT2D eigenvalue weighted by Crippen LogP contribution is 2.51. The van der Waals surface area contributed by atoms with Gasteiger partial charge < -0.3 is 0 Å². The van der Waals surface area contributed by atoms with Crippen LogP contribution in [0.3, 0.4) is 0 Å². The van der Waals surface area contributed by atoms with E-state index < -0.39 is 0 Å². The van der Waals surface area contributed by atoms with Crippen molar-refractivity contribution in [2.24, 2.45) is 0 Å². The lowest BCUT2D eigenvalue weighted by Gasteiger charge is -1.98. The van der Waals surface area contributed by atoms with Gasteiger partial charge in [-0.2, -0.15) is 0 Å². The predicted molar refractivity (Wildman–Crippen MR) is 61.5 cm³/mol. The van der Waals surface area contributed by atoms with Crippen molar-refractivity contribution in [1.82, 2.24) is 0 Å². The Morgan fingerprint density at radius 1 is 1.09 bits per heavy atom. The largest absolute Gasteiger partial charge is 0.117 e. The first-order valence-corrected chi connectivity index (χ1v) is 7.49. The van der Waals surface area contributed by atoms with E-state index in [2.05, 4.69) is 18.7 Å². The van der Waals surface area contributed by atoms with Crippen molar-refractivity contribution in [3.05, 3.63) is 8.47 Å². The van der Waals surface area contributed by atoms with Crippen molar-refractivity contribution in [1.29, 1.82) is 0 Å². The topological polar surface area (TPSA) is 0 Å². The van der Waals surface area contributed by atoms with Crippen LogP contribution in [-0.4, -0.2) is 22.5 Å². The van der Waals surface area contributed by atoms with Crippen molar-refractivity contribution in [2.45, 2.75) is 12.2 Å². The van der Waals surface area contributed by atoms with Crippen molar-refractivity contribution < 1.29 is 0 Å². The van der Waals surface area contributed by atoms with Gasteiger partial charge in [0.05, 0.1) is 8.47 Å². The Hall–Kier alpha value is 1.14. The van der Waals surface area contributed by atoms with Crippen molar-refractivity contribution >= 4 is 47.0 Å². The summed E-state index contributed by atoms with van der Waals surface area (Å²) in [5.74, 6) is 3.95. The Morgan fingerprint density at radius 2 is 1.82 bits per heavy atom. The number of hydrogen-bond donors (Lipinski definition) is 0. The summed E-state index contributed by atoms with van der Waals surface area (Å²) >= 11 is 8.20. The molecule has 0 nitrogen and oxygen atoms in total. The van der Waals surface area contributed by atoms with E-state index in [9.17, 15) is 0 Å². The van der Waals surface area contributed by atoms with Crippen LogP contribution in [0.5, 0.6) is 0 Å². The molecule has 2 saturated heterocycles. The van der Waals surface area contributed by atoms with Gasteiger partial charge in [0, 0.05) is 22.5 Å². The summed E-state index contributed by atoms with van der Waals surface area (Å²) < 4.78 is 3.20. The molecule has 11 heavy (non-hydrogen) atoms. The Bertz CT molecular complexity index is 179. The zero-order valence-electron chi connectivity index (χ0n) is 6.33. The summed E-state index contributed by atoms with van der Waals surface area (Å²) in [7, 11) is 0. The molecule has 0 aliphatic carbocycles.